The Kier molecular flexibility index (Phi) is 6.84. The minimum atomic E-state index is -0.714. The van der Waals surface area contributed by atoms with Crippen LogP contribution in [-0.2, 0) is 9.53 Å². The number of nitrogens with one attached hydrogen (secondary N) is 2. The highest BCUT2D eigenvalue weighted by atomic mass is 79.9. The first-order chi connectivity index (χ1) is 13.8. The van der Waals surface area contributed by atoms with E-state index in [1.54, 1.807) is 13.0 Å². The number of aromatic amines is 1. The smallest absolute Gasteiger partial charge is 0.338 e. The van der Waals surface area contributed by atoms with Gasteiger partial charge in [0.05, 0.1) is 12.2 Å². The van der Waals surface area contributed by atoms with Crippen LogP contribution in [0.15, 0.2) is 38.9 Å². The summed E-state index contributed by atoms with van der Waals surface area (Å²) in [6.07, 6.45) is 0. The predicted octanol–water partition coefficient (Wildman–Crippen LogP) is 4.13. The van der Waals surface area contributed by atoms with E-state index >= 15 is 0 Å². The number of benzene rings is 1. The molecule has 0 radical (unpaired) electrons. The molecular weight excluding hydrogens is 509 g/mol. The van der Waals surface area contributed by atoms with Crippen molar-refractivity contribution < 1.29 is 13.9 Å². The molecule has 0 aliphatic carbocycles. The van der Waals surface area contributed by atoms with Crippen molar-refractivity contribution in [2.45, 2.75) is 32.7 Å². The molecular formula is C19H20Br2FN5O2. The highest BCUT2D eigenvalue weighted by molar-refractivity contribution is 9.10. The predicted molar refractivity (Wildman–Crippen MR) is 114 cm³/mol. The van der Waals surface area contributed by atoms with Gasteiger partial charge in [0.1, 0.15) is 17.7 Å². The Bertz CT molecular complexity index is 987. The molecule has 0 spiro atoms. The van der Waals surface area contributed by atoms with Crippen LogP contribution in [0, 0.1) is 5.82 Å². The van der Waals surface area contributed by atoms with Crippen molar-refractivity contribution >= 4 is 43.7 Å². The fourth-order valence-electron chi connectivity index (χ4n) is 2.85. The molecule has 3 rings (SSSR count). The van der Waals surface area contributed by atoms with E-state index in [1.807, 2.05) is 13.8 Å². The molecule has 2 N–H and O–H groups in total. The molecule has 2 aromatic rings. The summed E-state index contributed by atoms with van der Waals surface area (Å²) < 4.78 is 19.4. The molecule has 7 nitrogen and oxygen atoms in total. The molecule has 1 aromatic carbocycles. The maximum Gasteiger partial charge on any atom is 0.338 e. The summed E-state index contributed by atoms with van der Waals surface area (Å²) in [4.78, 5) is 21.9. The fourth-order valence-corrected chi connectivity index (χ4v) is 3.86. The van der Waals surface area contributed by atoms with Crippen molar-refractivity contribution in [2.24, 2.45) is 4.99 Å². The number of carbonyl (C=O) groups excluding carboxylic acids is 1. The Morgan fingerprint density at radius 2 is 2.14 bits per heavy atom. The summed E-state index contributed by atoms with van der Waals surface area (Å²) in [5.74, 6) is 0.816. The SMILES string of the molecule is CCOC(=O)C1=C(CBr)NC(c2n[nH]c(C(C)C)n2)=NC1c1ccc(F)cc1Br. The second-order valence-electron chi connectivity index (χ2n) is 6.62. The minimum absolute atomic E-state index is 0.170. The van der Waals surface area contributed by atoms with Gasteiger partial charge in [-0.1, -0.05) is 51.8 Å². The monoisotopic (exact) mass is 527 g/mol. The lowest BCUT2D eigenvalue weighted by Crippen LogP contribution is -2.35. The first kappa shape index (κ1) is 21.6. The molecule has 1 aromatic heterocycles. The summed E-state index contributed by atoms with van der Waals surface area (Å²) in [5.41, 5.74) is 1.57. The van der Waals surface area contributed by atoms with Crippen LogP contribution in [0.5, 0.6) is 0 Å². The molecule has 1 atom stereocenters. The first-order valence-corrected chi connectivity index (χ1v) is 11.0. The molecule has 29 heavy (non-hydrogen) atoms. The Morgan fingerprint density at radius 3 is 2.72 bits per heavy atom. The highest BCUT2D eigenvalue weighted by Gasteiger charge is 2.34. The first-order valence-electron chi connectivity index (χ1n) is 9.04. The van der Waals surface area contributed by atoms with Crippen LogP contribution < -0.4 is 5.32 Å². The van der Waals surface area contributed by atoms with Gasteiger partial charge >= 0.3 is 5.97 Å². The van der Waals surface area contributed by atoms with E-state index in [-0.39, 0.29) is 12.5 Å². The van der Waals surface area contributed by atoms with E-state index in [0.29, 0.717) is 38.3 Å². The van der Waals surface area contributed by atoms with E-state index < -0.39 is 17.8 Å². The number of hydrogen-bond donors (Lipinski definition) is 2. The average Bonchev–Trinajstić information content (AvgIpc) is 3.18. The number of alkyl halides is 1. The average molecular weight is 529 g/mol. The maximum atomic E-state index is 13.6. The van der Waals surface area contributed by atoms with Gasteiger partial charge in [-0.25, -0.2) is 14.2 Å². The highest BCUT2D eigenvalue weighted by Crippen LogP contribution is 2.36. The number of aromatic nitrogens is 3. The van der Waals surface area contributed by atoms with Crippen molar-refractivity contribution in [1.82, 2.24) is 20.5 Å². The zero-order valence-corrected chi connectivity index (χ0v) is 19.3. The summed E-state index contributed by atoms with van der Waals surface area (Å²) >= 11 is 6.81. The molecule has 1 unspecified atom stereocenters. The van der Waals surface area contributed by atoms with Crippen molar-refractivity contribution in [3.05, 3.63) is 57.0 Å². The Morgan fingerprint density at radius 1 is 1.38 bits per heavy atom. The number of nitrogens with zero attached hydrogens (tertiary/aromatic N) is 3. The fraction of sp³-hybridized carbons (Fsp3) is 0.368. The van der Waals surface area contributed by atoms with E-state index in [4.69, 9.17) is 9.73 Å². The number of allylic oxidation sites excluding steroid dienone is 1. The summed E-state index contributed by atoms with van der Waals surface area (Å²) in [6.45, 7) is 5.97. The van der Waals surface area contributed by atoms with Crippen LogP contribution >= 0.6 is 31.9 Å². The zero-order valence-electron chi connectivity index (χ0n) is 16.1. The number of esters is 1. The number of ether oxygens (including phenoxy) is 1. The van der Waals surface area contributed by atoms with E-state index in [9.17, 15) is 9.18 Å². The van der Waals surface area contributed by atoms with E-state index in [2.05, 4.69) is 52.4 Å². The van der Waals surface area contributed by atoms with Crippen molar-refractivity contribution in [3.8, 4) is 0 Å². The molecule has 0 fully saturated rings. The van der Waals surface area contributed by atoms with Gasteiger partial charge in [-0.2, -0.15) is 5.10 Å². The van der Waals surface area contributed by atoms with Gasteiger partial charge in [0.2, 0.25) is 5.82 Å². The number of carbonyl (C=O) groups is 1. The molecule has 0 amide bonds. The lowest BCUT2D eigenvalue weighted by atomic mass is 9.96. The van der Waals surface area contributed by atoms with Gasteiger partial charge in [-0.3, -0.25) is 10.1 Å². The van der Waals surface area contributed by atoms with Gasteiger partial charge in [0.25, 0.3) is 0 Å². The van der Waals surface area contributed by atoms with Crippen molar-refractivity contribution in [2.75, 3.05) is 11.9 Å². The second kappa shape index (κ2) is 9.17. The quantitative estimate of drug-likeness (QED) is 0.434. The second-order valence-corrected chi connectivity index (χ2v) is 8.03. The van der Waals surface area contributed by atoms with Gasteiger partial charge < -0.3 is 10.1 Å². The number of amidine groups is 1. The third-order valence-corrected chi connectivity index (χ3v) is 5.52. The largest absolute Gasteiger partial charge is 0.463 e. The van der Waals surface area contributed by atoms with Gasteiger partial charge in [-0.05, 0) is 24.6 Å². The molecule has 1 aliphatic heterocycles. The number of hydrogen-bond acceptors (Lipinski definition) is 6. The van der Waals surface area contributed by atoms with E-state index in [0.717, 1.165) is 5.82 Å². The van der Waals surface area contributed by atoms with Crippen LogP contribution in [-0.4, -0.2) is 38.9 Å². The molecule has 0 saturated heterocycles. The summed E-state index contributed by atoms with van der Waals surface area (Å²) in [6, 6.07) is 3.55. The number of halogens is 3. The molecule has 2 heterocycles. The van der Waals surface area contributed by atoms with Gasteiger partial charge in [0, 0.05) is 21.4 Å². The van der Waals surface area contributed by atoms with Crippen LogP contribution in [0.2, 0.25) is 0 Å². The topological polar surface area (TPSA) is 92.3 Å². The normalized spacial score (nSPS) is 16.7. The van der Waals surface area contributed by atoms with E-state index in [1.165, 1.54) is 12.1 Å². The Balaban J connectivity index is 2.13. The lowest BCUT2D eigenvalue weighted by molar-refractivity contribution is -0.138. The lowest BCUT2D eigenvalue weighted by Gasteiger charge is -2.26. The van der Waals surface area contributed by atoms with Crippen LogP contribution in [0.1, 0.15) is 49.9 Å². The van der Waals surface area contributed by atoms with Crippen molar-refractivity contribution in [3.63, 3.8) is 0 Å². The van der Waals surface area contributed by atoms with Gasteiger partial charge in [0.15, 0.2) is 5.84 Å². The van der Waals surface area contributed by atoms with Crippen LogP contribution in [0.3, 0.4) is 0 Å². The molecule has 0 bridgehead atoms. The Hall–Kier alpha value is -2.07. The van der Waals surface area contributed by atoms with Gasteiger partial charge in [-0.15, -0.1) is 0 Å². The standard InChI is InChI=1S/C19H20Br2FN5O2/c1-4-29-19(28)14-13(8-20)23-17(18-25-16(9(2)3)26-27-18)24-15(14)11-6-5-10(22)7-12(11)21/h5-7,9,15H,4,8H2,1-3H3,(H,23,24)(H,25,26,27). The third-order valence-electron chi connectivity index (χ3n) is 4.27. The van der Waals surface area contributed by atoms with Crippen molar-refractivity contribution in [1.29, 1.82) is 0 Å². The summed E-state index contributed by atoms with van der Waals surface area (Å²) in [5, 5.41) is 10.6. The Labute approximate surface area is 184 Å². The van der Waals surface area contributed by atoms with Crippen LogP contribution in [0.25, 0.3) is 0 Å². The zero-order chi connectivity index (χ0) is 21.1. The minimum Gasteiger partial charge on any atom is -0.463 e. The molecule has 0 saturated carbocycles. The van der Waals surface area contributed by atoms with Crippen LogP contribution in [0.4, 0.5) is 4.39 Å². The number of aliphatic imine (C=N–C) groups is 1. The summed E-state index contributed by atoms with van der Waals surface area (Å²) in [7, 11) is 0. The number of H-pyrrole nitrogens is 1. The third kappa shape index (κ3) is 4.58. The maximum absolute atomic E-state index is 13.6. The molecule has 154 valence electrons. The number of rotatable bonds is 6. The molecule has 10 heteroatoms. The molecule has 1 aliphatic rings.